The number of hydrogen-bond donors (Lipinski definition) is 1. The summed E-state index contributed by atoms with van der Waals surface area (Å²) in [6.45, 7) is 4.77. The Labute approximate surface area is 216 Å². The van der Waals surface area contributed by atoms with Gasteiger partial charge in [-0.2, -0.15) is 0 Å². The van der Waals surface area contributed by atoms with Crippen molar-refractivity contribution in [2.24, 2.45) is 5.92 Å². The van der Waals surface area contributed by atoms with E-state index in [1.807, 2.05) is 30.3 Å². The Hall–Kier alpha value is -0.720. The van der Waals surface area contributed by atoms with Crippen molar-refractivity contribution in [3.8, 4) is 0 Å². The Bertz CT molecular complexity index is 718. The highest BCUT2D eigenvalue weighted by Crippen LogP contribution is 2.82. The number of Topliss-reactive ketones (excluding diaryl/α,β-unsaturated/α-hetero) is 1. The number of carbonyl (C=O) groups is 1. The predicted molar refractivity (Wildman–Crippen MR) is 152 cm³/mol. The van der Waals surface area contributed by atoms with Gasteiger partial charge >= 0.3 is 0 Å². The van der Waals surface area contributed by atoms with Crippen LogP contribution in [0.3, 0.4) is 0 Å². The second-order valence-electron chi connectivity index (χ2n) is 12.1. The maximum absolute atomic E-state index is 13.9. The standard InChI is InChI=1S/C32H52O2P/c1-3-4-22-32(34)30(23-24-31(33)26-14-6-5-7-15-26)25(2)35(27-16-8-9-17-27,28-18-10-11-19-28)29-20-12-13-21-29/h5-7,14-15,25,27-31,33H,3-4,8-13,16-24H2,1-2H3/q+1. The minimum absolute atomic E-state index is 0.148. The molecule has 1 aromatic carbocycles. The average molecular weight is 500 g/mol. The summed E-state index contributed by atoms with van der Waals surface area (Å²) in [5, 5.41) is 11.0. The molecular weight excluding hydrogens is 447 g/mol. The topological polar surface area (TPSA) is 37.3 Å². The lowest BCUT2D eigenvalue weighted by atomic mass is 9.89. The van der Waals surface area contributed by atoms with Crippen molar-refractivity contribution in [1.29, 1.82) is 0 Å². The van der Waals surface area contributed by atoms with Gasteiger partial charge in [-0.15, -0.1) is 0 Å². The van der Waals surface area contributed by atoms with Crippen LogP contribution in [0.1, 0.15) is 135 Å². The summed E-state index contributed by atoms with van der Waals surface area (Å²) in [6, 6.07) is 10.1. The van der Waals surface area contributed by atoms with Crippen molar-refractivity contribution in [3.63, 3.8) is 0 Å². The van der Waals surface area contributed by atoms with Crippen molar-refractivity contribution >= 4 is 13.0 Å². The molecule has 0 aliphatic heterocycles. The third-order valence-electron chi connectivity index (χ3n) is 10.3. The summed E-state index contributed by atoms with van der Waals surface area (Å²) in [4.78, 5) is 13.9. The zero-order valence-electron chi connectivity index (χ0n) is 22.7. The lowest BCUT2D eigenvalue weighted by Gasteiger charge is -2.48. The normalized spacial score (nSPS) is 23.1. The van der Waals surface area contributed by atoms with Gasteiger partial charge in [0.2, 0.25) is 0 Å². The number of benzene rings is 1. The van der Waals surface area contributed by atoms with Gasteiger partial charge in [0, 0.05) is 13.7 Å². The fourth-order valence-electron chi connectivity index (χ4n) is 8.65. The third kappa shape index (κ3) is 6.06. The van der Waals surface area contributed by atoms with Crippen molar-refractivity contribution in [2.45, 2.75) is 152 Å². The Balaban J connectivity index is 1.65. The summed E-state index contributed by atoms with van der Waals surface area (Å²) in [5.41, 5.74) is 4.31. The lowest BCUT2D eigenvalue weighted by Crippen LogP contribution is -2.41. The van der Waals surface area contributed by atoms with Crippen molar-refractivity contribution in [2.75, 3.05) is 0 Å². The Morgan fingerprint density at radius 2 is 1.34 bits per heavy atom. The van der Waals surface area contributed by atoms with E-state index in [-0.39, 0.29) is 5.92 Å². The molecule has 2 nitrogen and oxygen atoms in total. The minimum Gasteiger partial charge on any atom is -0.388 e. The van der Waals surface area contributed by atoms with Gasteiger partial charge in [0.1, 0.15) is 5.78 Å². The molecule has 0 amide bonds. The van der Waals surface area contributed by atoms with Gasteiger partial charge in [-0.3, -0.25) is 4.79 Å². The molecule has 1 N–H and O–H groups in total. The summed E-state index contributed by atoms with van der Waals surface area (Å²) in [7, 11) is -1.31. The van der Waals surface area contributed by atoms with Crippen LogP contribution in [0.5, 0.6) is 0 Å². The number of aliphatic hydroxyl groups excluding tert-OH is 1. The molecule has 0 radical (unpaired) electrons. The summed E-state index contributed by atoms with van der Waals surface area (Å²) in [6.07, 6.45) is 21.1. The van der Waals surface area contributed by atoms with Crippen LogP contribution < -0.4 is 0 Å². The quantitative estimate of drug-likeness (QED) is 0.275. The average Bonchev–Trinajstić information content (AvgIpc) is 3.68. The minimum atomic E-state index is -1.31. The van der Waals surface area contributed by atoms with Crippen molar-refractivity contribution in [3.05, 3.63) is 35.9 Å². The van der Waals surface area contributed by atoms with E-state index < -0.39 is 13.4 Å². The van der Waals surface area contributed by atoms with E-state index in [0.717, 1.165) is 54.6 Å². The molecule has 3 aliphatic rings. The summed E-state index contributed by atoms with van der Waals surface area (Å²) < 4.78 is 0. The second-order valence-corrected chi connectivity index (χ2v) is 16.9. The van der Waals surface area contributed by atoms with Gasteiger partial charge in [0.25, 0.3) is 0 Å². The van der Waals surface area contributed by atoms with Crippen molar-refractivity contribution < 1.29 is 9.90 Å². The first-order chi connectivity index (χ1) is 17.1. The molecule has 196 valence electrons. The zero-order valence-corrected chi connectivity index (χ0v) is 23.6. The monoisotopic (exact) mass is 499 g/mol. The van der Waals surface area contributed by atoms with Crippen LogP contribution in [-0.2, 0) is 4.79 Å². The molecular formula is C32H52O2P+. The van der Waals surface area contributed by atoms with Crippen LogP contribution in [-0.4, -0.2) is 33.5 Å². The number of unbranched alkanes of at least 4 members (excludes halogenated alkanes) is 1. The fourth-order valence-corrected chi connectivity index (χ4v) is 17.1. The highest BCUT2D eigenvalue weighted by molar-refractivity contribution is 7.78. The van der Waals surface area contributed by atoms with Gasteiger partial charge < -0.3 is 5.11 Å². The predicted octanol–water partition coefficient (Wildman–Crippen LogP) is 9.11. The molecule has 4 rings (SSSR count). The molecule has 0 bridgehead atoms. The van der Waals surface area contributed by atoms with Crippen LogP contribution >= 0.6 is 7.26 Å². The number of ketones is 1. The molecule has 3 aliphatic carbocycles. The van der Waals surface area contributed by atoms with Crippen LogP contribution in [0, 0.1) is 5.92 Å². The highest BCUT2D eigenvalue weighted by Gasteiger charge is 2.63. The van der Waals surface area contributed by atoms with E-state index in [9.17, 15) is 9.90 Å². The SMILES string of the molecule is CCCCC(=O)C(CCC(O)c1ccccc1)C(C)[P+](C1CCCC1)(C1CCCC1)C1CCCC1. The Morgan fingerprint density at radius 3 is 1.80 bits per heavy atom. The molecule has 3 heteroatoms. The molecule has 0 spiro atoms. The molecule has 0 saturated heterocycles. The molecule has 3 unspecified atom stereocenters. The van der Waals surface area contributed by atoms with E-state index in [4.69, 9.17) is 0 Å². The van der Waals surface area contributed by atoms with Crippen LogP contribution in [0.15, 0.2) is 30.3 Å². The van der Waals surface area contributed by atoms with Crippen LogP contribution in [0.2, 0.25) is 0 Å². The van der Waals surface area contributed by atoms with Crippen molar-refractivity contribution in [1.82, 2.24) is 0 Å². The Kier molecular flexibility index (Phi) is 10.3. The van der Waals surface area contributed by atoms with E-state index in [0.29, 0.717) is 11.4 Å². The van der Waals surface area contributed by atoms with Gasteiger partial charge in [0.05, 0.1) is 34.7 Å². The molecule has 0 aromatic heterocycles. The van der Waals surface area contributed by atoms with Gasteiger partial charge in [-0.05, 0) is 109 Å². The maximum Gasteiger partial charge on any atom is 0.139 e. The second kappa shape index (κ2) is 13.2. The molecule has 3 atom stereocenters. The highest BCUT2D eigenvalue weighted by atomic mass is 31.2. The summed E-state index contributed by atoms with van der Waals surface area (Å²) >= 11 is 0. The molecule has 35 heavy (non-hydrogen) atoms. The Morgan fingerprint density at radius 1 is 0.857 bits per heavy atom. The first kappa shape index (κ1) is 27.3. The van der Waals surface area contributed by atoms with Gasteiger partial charge in [0.15, 0.2) is 0 Å². The first-order valence-corrected chi connectivity index (χ1v) is 17.3. The first-order valence-electron chi connectivity index (χ1n) is 15.2. The number of carbonyl (C=O) groups excluding carboxylic acids is 1. The summed E-state index contributed by atoms with van der Waals surface area (Å²) in [5.74, 6) is 0.674. The number of rotatable bonds is 13. The maximum atomic E-state index is 13.9. The molecule has 0 heterocycles. The molecule has 3 saturated carbocycles. The van der Waals surface area contributed by atoms with Gasteiger partial charge in [-0.25, -0.2) is 0 Å². The number of hydrogen-bond acceptors (Lipinski definition) is 2. The van der Waals surface area contributed by atoms with Gasteiger partial charge in [-0.1, -0.05) is 43.7 Å². The van der Waals surface area contributed by atoms with E-state index in [2.05, 4.69) is 13.8 Å². The molecule has 3 fully saturated rings. The third-order valence-corrected chi connectivity index (χ3v) is 17.4. The largest absolute Gasteiger partial charge is 0.388 e. The number of aliphatic hydroxyl groups is 1. The van der Waals surface area contributed by atoms with Crippen LogP contribution in [0.25, 0.3) is 0 Å². The lowest BCUT2D eigenvalue weighted by molar-refractivity contribution is -0.123. The van der Waals surface area contributed by atoms with E-state index >= 15 is 0 Å². The fraction of sp³-hybridized carbons (Fsp3) is 0.781. The van der Waals surface area contributed by atoms with E-state index in [1.54, 1.807) is 0 Å². The zero-order chi connectivity index (χ0) is 24.7. The smallest absolute Gasteiger partial charge is 0.139 e. The van der Waals surface area contributed by atoms with E-state index in [1.165, 1.54) is 77.0 Å². The van der Waals surface area contributed by atoms with Crippen LogP contribution in [0.4, 0.5) is 0 Å². The molecule has 1 aromatic rings.